The molecule has 2 aromatic heterocycles. The van der Waals surface area contributed by atoms with Crippen molar-refractivity contribution in [3.05, 3.63) is 72.1 Å². The molecule has 0 aliphatic heterocycles. The summed E-state index contributed by atoms with van der Waals surface area (Å²) in [6, 6.07) is 17.5. The van der Waals surface area contributed by atoms with Crippen LogP contribution in [0.15, 0.2) is 60.8 Å². The first-order valence-electron chi connectivity index (χ1n) is 11.6. The Morgan fingerprint density at radius 3 is 2.44 bits per heavy atom. The average molecular weight is 454 g/mol. The van der Waals surface area contributed by atoms with Crippen LogP contribution in [-0.4, -0.2) is 39.1 Å². The van der Waals surface area contributed by atoms with E-state index < -0.39 is 0 Å². The number of aromatic nitrogens is 3. The Kier molecular flexibility index (Phi) is 5.84. The van der Waals surface area contributed by atoms with Crippen LogP contribution in [-0.2, 0) is 0 Å². The Bertz CT molecular complexity index is 1340. The molecule has 0 radical (unpaired) electrons. The Hall–Kier alpha value is -4.00. The van der Waals surface area contributed by atoms with Gasteiger partial charge in [0.25, 0.3) is 5.91 Å². The molecule has 1 fully saturated rings. The minimum absolute atomic E-state index is 0.0708. The third kappa shape index (κ3) is 4.41. The van der Waals surface area contributed by atoms with Gasteiger partial charge in [0.1, 0.15) is 5.69 Å². The number of fused-ring (bicyclic) bond motifs is 1. The number of hydrogen-bond donors (Lipinski definition) is 2. The molecular formula is C27H27N5O2. The van der Waals surface area contributed by atoms with Crippen LogP contribution in [0.25, 0.3) is 28.2 Å². The Labute approximate surface area is 198 Å². The lowest BCUT2D eigenvalue weighted by Crippen LogP contribution is -2.25. The third-order valence-corrected chi connectivity index (χ3v) is 5.83. The van der Waals surface area contributed by atoms with Crippen molar-refractivity contribution in [2.75, 3.05) is 11.9 Å². The lowest BCUT2D eigenvalue weighted by molar-refractivity contribution is 0.0950. The minimum Gasteiger partial charge on any atom is -0.367 e. The van der Waals surface area contributed by atoms with E-state index in [4.69, 9.17) is 4.98 Å². The lowest BCUT2D eigenvalue weighted by Gasteiger charge is -2.13. The topological polar surface area (TPSA) is 88.4 Å². The number of carbonyl (C=O) groups is 2. The molecule has 7 heteroatoms. The maximum Gasteiger partial charge on any atom is 0.251 e. The Morgan fingerprint density at radius 1 is 1.06 bits per heavy atom. The standard InChI is InChI=1S/C27H27N5O2/c1-17(2)14-28-25-26-31-23(16-33)24(32(26)15-22(30-25)18-6-4-3-5-7-18)19-8-10-20(11-9-19)27(34)29-21-12-13-21/h3-11,15-17,21H,12-14H2,1-2H3,(H,28,30)(H,29,34). The minimum atomic E-state index is -0.0708. The number of carbonyl (C=O) groups excluding carboxylic acids is 2. The molecule has 1 aliphatic rings. The zero-order valence-electron chi connectivity index (χ0n) is 19.3. The number of imidazole rings is 1. The maximum atomic E-state index is 12.4. The van der Waals surface area contributed by atoms with Gasteiger partial charge in [0.05, 0.1) is 11.4 Å². The molecule has 5 rings (SSSR count). The monoisotopic (exact) mass is 453 g/mol. The first-order valence-corrected chi connectivity index (χ1v) is 11.6. The van der Waals surface area contributed by atoms with E-state index in [1.807, 2.05) is 53.1 Å². The number of anilines is 1. The van der Waals surface area contributed by atoms with Gasteiger partial charge in [-0.3, -0.25) is 14.0 Å². The van der Waals surface area contributed by atoms with Crippen molar-refractivity contribution in [2.45, 2.75) is 32.7 Å². The number of hydrogen-bond acceptors (Lipinski definition) is 5. The van der Waals surface area contributed by atoms with E-state index in [2.05, 4.69) is 29.5 Å². The summed E-state index contributed by atoms with van der Waals surface area (Å²) < 4.78 is 1.92. The number of amides is 1. The van der Waals surface area contributed by atoms with Gasteiger partial charge in [-0.1, -0.05) is 56.3 Å². The number of nitrogens with one attached hydrogen (secondary N) is 2. The van der Waals surface area contributed by atoms with Crippen LogP contribution in [0, 0.1) is 5.92 Å². The molecule has 1 aliphatic carbocycles. The summed E-state index contributed by atoms with van der Waals surface area (Å²) in [6.45, 7) is 4.98. The van der Waals surface area contributed by atoms with Gasteiger partial charge in [-0.05, 0) is 30.9 Å². The van der Waals surface area contributed by atoms with Gasteiger partial charge in [0.2, 0.25) is 0 Å². The molecule has 7 nitrogen and oxygen atoms in total. The van der Waals surface area contributed by atoms with E-state index in [-0.39, 0.29) is 5.91 Å². The van der Waals surface area contributed by atoms with E-state index in [1.54, 1.807) is 12.1 Å². The van der Waals surface area contributed by atoms with Gasteiger partial charge >= 0.3 is 0 Å². The van der Waals surface area contributed by atoms with Crippen molar-refractivity contribution in [2.24, 2.45) is 5.92 Å². The van der Waals surface area contributed by atoms with Gasteiger partial charge in [0.15, 0.2) is 17.8 Å². The summed E-state index contributed by atoms with van der Waals surface area (Å²) in [5.41, 5.74) is 4.74. The fourth-order valence-corrected chi connectivity index (χ4v) is 3.88. The van der Waals surface area contributed by atoms with E-state index in [0.29, 0.717) is 40.4 Å². The molecule has 0 atom stereocenters. The molecule has 0 bridgehead atoms. The largest absolute Gasteiger partial charge is 0.367 e. The molecule has 4 aromatic rings. The average Bonchev–Trinajstić information content (AvgIpc) is 3.59. The second kappa shape index (κ2) is 9.09. The van der Waals surface area contributed by atoms with Gasteiger partial charge in [-0.2, -0.15) is 0 Å². The molecule has 0 unspecified atom stereocenters. The first-order chi connectivity index (χ1) is 16.5. The van der Waals surface area contributed by atoms with Crippen LogP contribution in [0.2, 0.25) is 0 Å². The van der Waals surface area contributed by atoms with E-state index in [0.717, 1.165) is 42.5 Å². The summed E-state index contributed by atoms with van der Waals surface area (Å²) in [6.07, 6.45) is 4.76. The van der Waals surface area contributed by atoms with Gasteiger partial charge in [-0.25, -0.2) is 9.97 Å². The van der Waals surface area contributed by atoms with Crippen LogP contribution in [0.4, 0.5) is 5.82 Å². The second-order valence-corrected chi connectivity index (χ2v) is 9.10. The zero-order chi connectivity index (χ0) is 23.7. The highest BCUT2D eigenvalue weighted by molar-refractivity contribution is 5.95. The SMILES string of the molecule is CC(C)CNc1nc(-c2ccccc2)cn2c(-c3ccc(C(=O)NC4CC4)cc3)c(C=O)nc12. The highest BCUT2D eigenvalue weighted by atomic mass is 16.1. The summed E-state index contributed by atoms with van der Waals surface area (Å²) in [5.74, 6) is 0.972. The molecule has 0 saturated heterocycles. The lowest BCUT2D eigenvalue weighted by atomic mass is 10.1. The van der Waals surface area contributed by atoms with E-state index in [1.165, 1.54) is 0 Å². The predicted molar refractivity (Wildman–Crippen MR) is 133 cm³/mol. The fourth-order valence-electron chi connectivity index (χ4n) is 3.88. The molecule has 0 spiro atoms. The molecule has 1 saturated carbocycles. The van der Waals surface area contributed by atoms with Crippen molar-refractivity contribution in [1.82, 2.24) is 19.7 Å². The smallest absolute Gasteiger partial charge is 0.251 e. The van der Waals surface area contributed by atoms with Gasteiger partial charge < -0.3 is 10.6 Å². The zero-order valence-corrected chi connectivity index (χ0v) is 19.3. The van der Waals surface area contributed by atoms with Crippen molar-refractivity contribution in [3.8, 4) is 22.5 Å². The quantitative estimate of drug-likeness (QED) is 0.373. The Morgan fingerprint density at radius 2 is 1.79 bits per heavy atom. The molecule has 1 amide bonds. The Balaban J connectivity index is 1.62. The number of benzene rings is 2. The van der Waals surface area contributed by atoms with E-state index in [9.17, 15) is 9.59 Å². The van der Waals surface area contributed by atoms with Crippen molar-refractivity contribution in [1.29, 1.82) is 0 Å². The van der Waals surface area contributed by atoms with Crippen LogP contribution >= 0.6 is 0 Å². The van der Waals surface area contributed by atoms with Crippen LogP contribution in [0.5, 0.6) is 0 Å². The van der Waals surface area contributed by atoms with Crippen LogP contribution < -0.4 is 10.6 Å². The molecule has 172 valence electrons. The predicted octanol–water partition coefficient (Wildman–Crippen LogP) is 4.84. The van der Waals surface area contributed by atoms with Crippen molar-refractivity contribution < 1.29 is 9.59 Å². The normalized spacial score (nSPS) is 13.3. The number of rotatable bonds is 8. The second-order valence-electron chi connectivity index (χ2n) is 9.10. The third-order valence-electron chi connectivity index (χ3n) is 5.83. The molecule has 34 heavy (non-hydrogen) atoms. The summed E-state index contributed by atoms with van der Waals surface area (Å²) in [5, 5.41) is 6.40. The van der Waals surface area contributed by atoms with Crippen LogP contribution in [0.3, 0.4) is 0 Å². The number of nitrogens with zero attached hydrogens (tertiary/aromatic N) is 3. The molecule has 2 N–H and O–H groups in total. The van der Waals surface area contributed by atoms with Crippen molar-refractivity contribution in [3.63, 3.8) is 0 Å². The molecular weight excluding hydrogens is 426 g/mol. The van der Waals surface area contributed by atoms with Crippen molar-refractivity contribution >= 4 is 23.7 Å². The highest BCUT2D eigenvalue weighted by Crippen LogP contribution is 2.30. The summed E-state index contributed by atoms with van der Waals surface area (Å²) in [7, 11) is 0. The first kappa shape index (κ1) is 21.8. The molecule has 2 aromatic carbocycles. The van der Waals surface area contributed by atoms with Gasteiger partial charge in [0, 0.05) is 35.5 Å². The van der Waals surface area contributed by atoms with Crippen LogP contribution in [0.1, 0.15) is 47.5 Å². The highest BCUT2D eigenvalue weighted by Gasteiger charge is 2.24. The number of aldehydes is 1. The molecule has 2 heterocycles. The fraction of sp³-hybridized carbons (Fsp3) is 0.259. The van der Waals surface area contributed by atoms with E-state index >= 15 is 0 Å². The van der Waals surface area contributed by atoms with Gasteiger partial charge in [-0.15, -0.1) is 0 Å². The summed E-state index contributed by atoms with van der Waals surface area (Å²) in [4.78, 5) is 33.9. The maximum absolute atomic E-state index is 12.4. The summed E-state index contributed by atoms with van der Waals surface area (Å²) >= 11 is 0.